The van der Waals surface area contributed by atoms with E-state index in [0.29, 0.717) is 6.04 Å². The summed E-state index contributed by atoms with van der Waals surface area (Å²) in [6.07, 6.45) is 3.60. The second-order valence-corrected chi connectivity index (χ2v) is 7.69. The van der Waals surface area contributed by atoms with Crippen LogP contribution in [0.3, 0.4) is 0 Å². The number of hydrogen-bond donors (Lipinski definition) is 1. The minimum atomic E-state index is 0.479. The Morgan fingerprint density at radius 1 is 1.00 bits per heavy atom. The minimum absolute atomic E-state index is 0.479. The molecule has 0 fully saturated rings. The SMILES string of the molecule is CCCNC(CSC(C)C(C)C)c1ccc(CCC)cc1. The van der Waals surface area contributed by atoms with Crippen molar-refractivity contribution < 1.29 is 0 Å². The van der Waals surface area contributed by atoms with Crippen molar-refractivity contribution in [2.24, 2.45) is 5.92 Å². The third-order valence-electron chi connectivity index (χ3n) is 4.03. The number of thioether (sulfide) groups is 1. The van der Waals surface area contributed by atoms with Crippen LogP contribution in [0.15, 0.2) is 24.3 Å². The van der Waals surface area contributed by atoms with Gasteiger partial charge in [-0.25, -0.2) is 0 Å². The lowest BCUT2D eigenvalue weighted by molar-refractivity contribution is 0.573. The van der Waals surface area contributed by atoms with E-state index < -0.39 is 0 Å². The summed E-state index contributed by atoms with van der Waals surface area (Å²) in [5, 5.41) is 4.43. The molecule has 0 radical (unpaired) electrons. The topological polar surface area (TPSA) is 12.0 Å². The summed E-state index contributed by atoms with van der Waals surface area (Å²) in [6.45, 7) is 12.5. The Morgan fingerprint density at radius 2 is 1.67 bits per heavy atom. The normalized spacial score (nSPS) is 14.4. The van der Waals surface area contributed by atoms with Gasteiger partial charge in [0.25, 0.3) is 0 Å². The molecule has 2 unspecified atom stereocenters. The van der Waals surface area contributed by atoms with Crippen LogP contribution in [0.4, 0.5) is 0 Å². The maximum Gasteiger partial charge on any atom is 0.0411 e. The summed E-state index contributed by atoms with van der Waals surface area (Å²) in [6, 6.07) is 9.72. The van der Waals surface area contributed by atoms with E-state index in [-0.39, 0.29) is 0 Å². The van der Waals surface area contributed by atoms with Crippen molar-refractivity contribution in [2.75, 3.05) is 12.3 Å². The van der Waals surface area contributed by atoms with E-state index in [4.69, 9.17) is 0 Å². The first-order valence-corrected chi connectivity index (χ1v) is 9.57. The molecule has 0 saturated carbocycles. The van der Waals surface area contributed by atoms with Crippen LogP contribution in [0.1, 0.15) is 64.6 Å². The third-order valence-corrected chi connectivity index (χ3v) is 5.62. The first-order valence-electron chi connectivity index (χ1n) is 8.52. The first-order chi connectivity index (χ1) is 10.1. The molecular formula is C19H33NS. The Kier molecular flexibility index (Phi) is 9.10. The highest BCUT2D eigenvalue weighted by Gasteiger charge is 2.14. The summed E-state index contributed by atoms with van der Waals surface area (Å²) in [4.78, 5) is 0. The summed E-state index contributed by atoms with van der Waals surface area (Å²) in [5.41, 5.74) is 2.89. The van der Waals surface area contributed by atoms with Gasteiger partial charge >= 0.3 is 0 Å². The standard InChI is InChI=1S/C19H33NS/c1-6-8-17-9-11-18(12-10-17)19(20-13-7-2)14-21-16(5)15(3)4/h9-12,15-16,19-20H,6-8,13-14H2,1-5H3. The van der Waals surface area contributed by atoms with Gasteiger partial charge in [0.2, 0.25) is 0 Å². The average molecular weight is 308 g/mol. The summed E-state index contributed by atoms with van der Waals surface area (Å²) < 4.78 is 0. The van der Waals surface area contributed by atoms with Crippen LogP contribution in [-0.2, 0) is 6.42 Å². The molecule has 0 aromatic heterocycles. The van der Waals surface area contributed by atoms with Crippen molar-refractivity contribution in [2.45, 2.75) is 65.2 Å². The fraction of sp³-hybridized carbons (Fsp3) is 0.684. The zero-order chi connectivity index (χ0) is 15.7. The summed E-state index contributed by atoms with van der Waals surface area (Å²) >= 11 is 2.09. The van der Waals surface area contributed by atoms with Crippen molar-refractivity contribution in [3.63, 3.8) is 0 Å². The fourth-order valence-corrected chi connectivity index (χ4v) is 3.43. The Morgan fingerprint density at radius 3 is 2.19 bits per heavy atom. The predicted octanol–water partition coefficient (Wildman–Crippen LogP) is 5.46. The molecule has 0 aliphatic rings. The molecule has 0 aliphatic heterocycles. The number of nitrogens with one attached hydrogen (secondary N) is 1. The largest absolute Gasteiger partial charge is 0.309 e. The predicted molar refractivity (Wildman–Crippen MR) is 98.2 cm³/mol. The number of rotatable bonds is 10. The highest BCUT2D eigenvalue weighted by molar-refractivity contribution is 7.99. The molecule has 1 rings (SSSR count). The number of aryl methyl sites for hydroxylation is 1. The second-order valence-electron chi connectivity index (χ2n) is 6.28. The van der Waals surface area contributed by atoms with Crippen molar-refractivity contribution >= 4 is 11.8 Å². The van der Waals surface area contributed by atoms with Gasteiger partial charge in [0, 0.05) is 17.0 Å². The van der Waals surface area contributed by atoms with Gasteiger partial charge in [-0.15, -0.1) is 0 Å². The van der Waals surface area contributed by atoms with Gasteiger partial charge in [-0.1, -0.05) is 65.3 Å². The number of hydrogen-bond acceptors (Lipinski definition) is 2. The second kappa shape index (κ2) is 10.3. The lowest BCUT2D eigenvalue weighted by atomic mass is 10.0. The van der Waals surface area contributed by atoms with Gasteiger partial charge in [0.05, 0.1) is 0 Å². The Hall–Kier alpha value is -0.470. The summed E-state index contributed by atoms with van der Waals surface area (Å²) in [7, 11) is 0. The molecule has 0 spiro atoms. The smallest absolute Gasteiger partial charge is 0.0411 e. The molecule has 1 nitrogen and oxygen atoms in total. The molecule has 1 N–H and O–H groups in total. The Labute approximate surface area is 136 Å². The van der Waals surface area contributed by atoms with E-state index in [0.717, 1.165) is 23.5 Å². The monoisotopic (exact) mass is 307 g/mol. The molecule has 2 atom stereocenters. The lowest BCUT2D eigenvalue weighted by Crippen LogP contribution is -2.25. The van der Waals surface area contributed by atoms with Gasteiger partial charge < -0.3 is 5.32 Å². The average Bonchev–Trinajstić information content (AvgIpc) is 2.48. The van der Waals surface area contributed by atoms with E-state index >= 15 is 0 Å². The summed E-state index contributed by atoms with van der Waals surface area (Å²) in [5.74, 6) is 1.90. The maximum atomic E-state index is 3.71. The lowest BCUT2D eigenvalue weighted by Gasteiger charge is -2.22. The maximum absolute atomic E-state index is 3.71. The van der Waals surface area contributed by atoms with Crippen molar-refractivity contribution in [1.29, 1.82) is 0 Å². The number of benzene rings is 1. The zero-order valence-electron chi connectivity index (χ0n) is 14.5. The van der Waals surface area contributed by atoms with E-state index in [1.807, 2.05) is 0 Å². The van der Waals surface area contributed by atoms with E-state index in [2.05, 4.69) is 76.0 Å². The van der Waals surface area contributed by atoms with Gasteiger partial charge in [0.15, 0.2) is 0 Å². The molecule has 120 valence electrons. The van der Waals surface area contributed by atoms with Gasteiger partial charge in [0.1, 0.15) is 0 Å². The van der Waals surface area contributed by atoms with Crippen LogP contribution in [0.2, 0.25) is 0 Å². The van der Waals surface area contributed by atoms with Gasteiger partial charge in [-0.3, -0.25) is 0 Å². The molecule has 1 aromatic carbocycles. The van der Waals surface area contributed by atoms with Crippen LogP contribution in [0.25, 0.3) is 0 Å². The van der Waals surface area contributed by atoms with Crippen LogP contribution >= 0.6 is 11.8 Å². The van der Waals surface area contributed by atoms with Crippen LogP contribution in [0.5, 0.6) is 0 Å². The van der Waals surface area contributed by atoms with E-state index in [9.17, 15) is 0 Å². The molecule has 0 heterocycles. The molecule has 0 aliphatic carbocycles. The molecular weight excluding hydrogens is 274 g/mol. The quantitative estimate of drug-likeness (QED) is 0.616. The van der Waals surface area contributed by atoms with Crippen LogP contribution < -0.4 is 5.32 Å². The Bertz CT molecular complexity index is 372. The van der Waals surface area contributed by atoms with Crippen molar-refractivity contribution in [1.82, 2.24) is 5.32 Å². The molecule has 1 aromatic rings. The van der Waals surface area contributed by atoms with Crippen LogP contribution in [-0.4, -0.2) is 17.5 Å². The highest BCUT2D eigenvalue weighted by atomic mass is 32.2. The molecule has 0 bridgehead atoms. The van der Waals surface area contributed by atoms with Gasteiger partial charge in [-0.05, 0) is 36.4 Å². The minimum Gasteiger partial charge on any atom is -0.309 e. The van der Waals surface area contributed by atoms with Gasteiger partial charge in [-0.2, -0.15) is 11.8 Å². The fourth-order valence-electron chi connectivity index (χ4n) is 2.24. The van der Waals surface area contributed by atoms with Crippen molar-refractivity contribution in [3.8, 4) is 0 Å². The van der Waals surface area contributed by atoms with E-state index in [1.165, 1.54) is 30.4 Å². The first kappa shape index (κ1) is 18.6. The molecule has 21 heavy (non-hydrogen) atoms. The zero-order valence-corrected chi connectivity index (χ0v) is 15.3. The molecule has 0 amide bonds. The third kappa shape index (κ3) is 6.88. The van der Waals surface area contributed by atoms with E-state index in [1.54, 1.807) is 0 Å². The highest BCUT2D eigenvalue weighted by Crippen LogP contribution is 2.25. The molecule has 2 heteroatoms. The Balaban J connectivity index is 2.67. The van der Waals surface area contributed by atoms with Crippen molar-refractivity contribution in [3.05, 3.63) is 35.4 Å². The molecule has 0 saturated heterocycles. The van der Waals surface area contributed by atoms with Crippen LogP contribution in [0, 0.1) is 5.92 Å².